The highest BCUT2D eigenvalue weighted by Gasteiger charge is 2.39. The van der Waals surface area contributed by atoms with Crippen LogP contribution in [0.3, 0.4) is 0 Å². The quantitative estimate of drug-likeness (QED) is 0.271. The molecule has 0 aromatic heterocycles. The van der Waals surface area contributed by atoms with Crippen molar-refractivity contribution in [2.24, 2.45) is 5.73 Å². The lowest BCUT2D eigenvalue weighted by atomic mass is 10.1. The lowest BCUT2D eigenvalue weighted by molar-refractivity contribution is 0.0642. The van der Waals surface area contributed by atoms with Gasteiger partial charge >= 0.3 is 0 Å². The number of epoxide rings is 1. The van der Waals surface area contributed by atoms with Gasteiger partial charge in [-0.05, 0) is 63.1 Å². The molecule has 0 spiro atoms. The van der Waals surface area contributed by atoms with Crippen LogP contribution in [0, 0.1) is 27.7 Å². The third kappa shape index (κ3) is 10.6. The van der Waals surface area contributed by atoms with E-state index in [-0.39, 0.29) is 38.5 Å². The van der Waals surface area contributed by atoms with Crippen LogP contribution < -0.4 is 10.5 Å². The topological polar surface area (TPSA) is 126 Å². The molecular weight excluding hydrogens is 520 g/mol. The molecule has 1 fully saturated rings. The zero-order chi connectivity index (χ0) is 29.8. The Morgan fingerprint density at radius 2 is 1.44 bits per heavy atom. The minimum absolute atomic E-state index is 0. The highest BCUT2D eigenvalue weighted by atomic mass is 16.6. The first kappa shape index (κ1) is 35.3. The zero-order valence-electron chi connectivity index (χ0n) is 24.3. The number of benzene rings is 3. The Labute approximate surface area is 244 Å². The van der Waals surface area contributed by atoms with Crippen molar-refractivity contribution in [2.45, 2.75) is 61.2 Å². The van der Waals surface area contributed by atoms with Gasteiger partial charge in [0.05, 0.1) is 30.4 Å². The van der Waals surface area contributed by atoms with E-state index in [1.54, 1.807) is 30.3 Å². The fourth-order valence-electron chi connectivity index (χ4n) is 3.80. The van der Waals surface area contributed by atoms with Crippen LogP contribution in [0.25, 0.3) is 0 Å². The molecule has 0 radical (unpaired) electrons. The maximum Gasteiger partial charge on any atom is 0.261 e. The molecule has 41 heavy (non-hydrogen) atoms. The second-order valence-electron chi connectivity index (χ2n) is 9.48. The SMILES string of the molecule is C.CC.Cc1ccc(O)c(C)c1.Cc1ccc(OC[C@H](O)CN)c(C)c1.O=C1c2ccccc2C(=O)N1C[C@@H]1CO1. The summed E-state index contributed by atoms with van der Waals surface area (Å²) in [5, 5.41) is 18.3. The number of nitrogens with two attached hydrogens (primary N) is 1. The second kappa shape index (κ2) is 17.2. The van der Waals surface area contributed by atoms with Crippen LogP contribution in [0.15, 0.2) is 60.7 Å². The van der Waals surface area contributed by atoms with E-state index in [1.807, 2.05) is 71.9 Å². The van der Waals surface area contributed by atoms with Gasteiger partial charge in [-0.25, -0.2) is 0 Å². The van der Waals surface area contributed by atoms with E-state index in [9.17, 15) is 14.7 Å². The summed E-state index contributed by atoms with van der Waals surface area (Å²) < 4.78 is 10.4. The van der Waals surface area contributed by atoms with Gasteiger partial charge in [-0.1, -0.05) is 68.8 Å². The highest BCUT2D eigenvalue weighted by Crippen LogP contribution is 2.24. The van der Waals surface area contributed by atoms with Gasteiger partial charge in [0, 0.05) is 6.54 Å². The van der Waals surface area contributed by atoms with Gasteiger partial charge in [0.1, 0.15) is 24.2 Å². The summed E-state index contributed by atoms with van der Waals surface area (Å²) in [6.45, 7) is 13.4. The number of phenolic OH excluding ortho intramolecular Hbond substituents is 1. The number of carbonyl (C=O) groups excluding carboxylic acids is 2. The van der Waals surface area contributed by atoms with Crippen LogP contribution >= 0.6 is 0 Å². The summed E-state index contributed by atoms with van der Waals surface area (Å²) in [4.78, 5) is 24.9. The summed E-state index contributed by atoms with van der Waals surface area (Å²) in [5.41, 5.74) is 10.7. The van der Waals surface area contributed by atoms with Crippen molar-refractivity contribution in [1.82, 2.24) is 4.90 Å². The number of hydrogen-bond acceptors (Lipinski definition) is 7. The standard InChI is InChI=1S/C11H9NO3.C11H17NO2.C8H10O.C2H6.CH4/c13-10-8-3-1-2-4-9(8)11(14)12(10)5-7-6-15-7;1-8-3-4-11(9(2)5-8)14-7-10(13)6-12;1-6-3-4-8(9)7(2)5-6;1-2;/h1-4,7H,5-6H2;3-5,10,13H,6-7,12H2,1-2H3;3-5,9H,1-2H3;1-2H3;1H4/t7-;10-;;;/m11.../s1. The molecule has 224 valence electrons. The maximum absolute atomic E-state index is 11.8. The summed E-state index contributed by atoms with van der Waals surface area (Å²) >= 11 is 0. The van der Waals surface area contributed by atoms with Crippen molar-refractivity contribution in [3.8, 4) is 11.5 Å². The summed E-state index contributed by atoms with van der Waals surface area (Å²) in [5.74, 6) is 0.779. The molecule has 4 N–H and O–H groups in total. The Bertz CT molecular complexity index is 1240. The molecule has 2 atom stereocenters. The Morgan fingerprint density at radius 3 is 1.88 bits per heavy atom. The second-order valence-corrected chi connectivity index (χ2v) is 9.48. The Morgan fingerprint density at radius 1 is 0.927 bits per heavy atom. The van der Waals surface area contributed by atoms with Gasteiger partial charge in [0.25, 0.3) is 11.8 Å². The van der Waals surface area contributed by atoms with Crippen molar-refractivity contribution in [3.63, 3.8) is 0 Å². The van der Waals surface area contributed by atoms with E-state index in [0.29, 0.717) is 30.0 Å². The molecular formula is C33H46N2O6. The van der Waals surface area contributed by atoms with Crippen molar-refractivity contribution in [2.75, 3.05) is 26.3 Å². The van der Waals surface area contributed by atoms with Gasteiger partial charge < -0.3 is 25.4 Å². The number of aromatic hydroxyl groups is 1. The predicted octanol–water partition coefficient (Wildman–Crippen LogP) is 5.35. The van der Waals surface area contributed by atoms with Crippen LogP contribution in [-0.2, 0) is 4.74 Å². The Kier molecular flexibility index (Phi) is 14.8. The molecule has 0 bridgehead atoms. The van der Waals surface area contributed by atoms with E-state index in [1.165, 1.54) is 16.0 Å². The minimum Gasteiger partial charge on any atom is -0.508 e. The molecule has 0 unspecified atom stereocenters. The number of carbonyl (C=O) groups is 2. The lowest BCUT2D eigenvalue weighted by Gasteiger charge is -2.12. The number of ether oxygens (including phenoxy) is 2. The summed E-state index contributed by atoms with van der Waals surface area (Å²) in [6, 6.07) is 18.4. The highest BCUT2D eigenvalue weighted by molar-refractivity contribution is 6.21. The van der Waals surface area contributed by atoms with Gasteiger partial charge in [0.15, 0.2) is 0 Å². The molecule has 2 aliphatic rings. The smallest absolute Gasteiger partial charge is 0.261 e. The van der Waals surface area contributed by atoms with Crippen LogP contribution in [0.4, 0.5) is 0 Å². The molecule has 2 heterocycles. The number of phenols is 1. The van der Waals surface area contributed by atoms with Crippen LogP contribution in [0.5, 0.6) is 11.5 Å². The first-order valence-corrected chi connectivity index (χ1v) is 13.5. The number of imide groups is 1. The average molecular weight is 567 g/mol. The molecule has 3 aromatic rings. The molecule has 2 aliphatic heterocycles. The lowest BCUT2D eigenvalue weighted by Crippen LogP contribution is -2.33. The number of nitrogens with zero attached hydrogens (tertiary/aromatic N) is 1. The van der Waals surface area contributed by atoms with E-state index in [2.05, 4.69) is 0 Å². The number of aryl methyl sites for hydroxylation is 4. The normalized spacial score (nSPS) is 15.0. The fraction of sp³-hybridized carbons (Fsp3) is 0.394. The number of aliphatic hydroxyl groups excluding tert-OH is 1. The predicted molar refractivity (Wildman–Crippen MR) is 164 cm³/mol. The van der Waals surface area contributed by atoms with E-state index >= 15 is 0 Å². The van der Waals surface area contributed by atoms with Crippen LogP contribution in [0.2, 0.25) is 0 Å². The maximum atomic E-state index is 11.8. The number of aliphatic hydroxyl groups is 1. The number of amides is 2. The van der Waals surface area contributed by atoms with E-state index < -0.39 is 6.10 Å². The van der Waals surface area contributed by atoms with Crippen molar-refractivity contribution < 1.29 is 29.3 Å². The summed E-state index contributed by atoms with van der Waals surface area (Å²) in [6.07, 6.45) is -0.539. The molecule has 0 saturated carbocycles. The Hall–Kier alpha value is -3.72. The van der Waals surface area contributed by atoms with Crippen molar-refractivity contribution >= 4 is 11.8 Å². The van der Waals surface area contributed by atoms with Gasteiger partial charge in [-0.15, -0.1) is 0 Å². The largest absolute Gasteiger partial charge is 0.508 e. The molecule has 5 rings (SSSR count). The third-order valence-corrected chi connectivity index (χ3v) is 6.05. The zero-order valence-corrected chi connectivity index (χ0v) is 24.3. The monoisotopic (exact) mass is 566 g/mol. The van der Waals surface area contributed by atoms with E-state index in [4.69, 9.17) is 20.3 Å². The minimum atomic E-state index is -0.587. The van der Waals surface area contributed by atoms with Gasteiger partial charge in [0.2, 0.25) is 0 Å². The number of fused-ring (bicyclic) bond motifs is 1. The van der Waals surface area contributed by atoms with E-state index in [0.717, 1.165) is 16.9 Å². The molecule has 8 heteroatoms. The number of hydrogen-bond donors (Lipinski definition) is 3. The molecule has 1 saturated heterocycles. The van der Waals surface area contributed by atoms with Gasteiger partial charge in [-0.2, -0.15) is 0 Å². The fourth-order valence-corrected chi connectivity index (χ4v) is 3.80. The molecule has 2 amide bonds. The van der Waals surface area contributed by atoms with Crippen molar-refractivity contribution in [3.05, 3.63) is 94.0 Å². The van der Waals surface area contributed by atoms with Crippen molar-refractivity contribution in [1.29, 1.82) is 0 Å². The third-order valence-electron chi connectivity index (χ3n) is 6.05. The van der Waals surface area contributed by atoms with Crippen LogP contribution in [-0.4, -0.2) is 65.4 Å². The average Bonchev–Trinajstić information content (AvgIpc) is 3.75. The molecule has 8 nitrogen and oxygen atoms in total. The summed E-state index contributed by atoms with van der Waals surface area (Å²) in [7, 11) is 0. The first-order chi connectivity index (χ1) is 19.1. The Balaban J connectivity index is 0.000000303. The van der Waals surface area contributed by atoms with Gasteiger partial charge in [-0.3, -0.25) is 14.5 Å². The molecule has 3 aromatic carbocycles. The first-order valence-electron chi connectivity index (χ1n) is 13.5. The molecule has 0 aliphatic carbocycles. The van der Waals surface area contributed by atoms with Crippen LogP contribution in [0.1, 0.15) is 64.2 Å². The number of rotatable bonds is 6.